The van der Waals surface area contributed by atoms with E-state index < -0.39 is 5.97 Å². The van der Waals surface area contributed by atoms with Crippen LogP contribution in [0, 0.1) is 0 Å². The van der Waals surface area contributed by atoms with Crippen molar-refractivity contribution < 1.29 is 14.3 Å². The van der Waals surface area contributed by atoms with E-state index in [9.17, 15) is 9.59 Å². The summed E-state index contributed by atoms with van der Waals surface area (Å²) >= 11 is 1.57. The van der Waals surface area contributed by atoms with Crippen LogP contribution in [0.4, 0.5) is 0 Å². The Morgan fingerprint density at radius 1 is 1.17 bits per heavy atom. The standard InChI is InChI=1S/C18H19NO3S/c1-13(2)11-17(21)22-12-16(20)19-18(15-9-6-10-23-15)14-7-4-3-5-8-14/h3-11,18H,12H2,1-2H3,(H,19,20)/t18-/m1/s1. The number of esters is 1. The van der Waals surface area contributed by atoms with Crippen molar-refractivity contribution in [2.24, 2.45) is 0 Å². The van der Waals surface area contributed by atoms with E-state index in [1.54, 1.807) is 25.2 Å². The molecule has 1 amide bonds. The summed E-state index contributed by atoms with van der Waals surface area (Å²) in [6, 6.07) is 13.4. The molecule has 1 atom stereocenters. The molecule has 0 saturated carbocycles. The lowest BCUT2D eigenvalue weighted by atomic mass is 10.1. The molecule has 0 spiro atoms. The molecule has 0 aliphatic heterocycles. The molecule has 2 aromatic rings. The molecule has 0 aliphatic rings. The fourth-order valence-electron chi connectivity index (χ4n) is 2.04. The maximum Gasteiger partial charge on any atom is 0.331 e. The number of ether oxygens (including phenoxy) is 1. The molecule has 0 unspecified atom stereocenters. The first-order chi connectivity index (χ1) is 11.1. The summed E-state index contributed by atoms with van der Waals surface area (Å²) in [6.45, 7) is 3.30. The molecule has 23 heavy (non-hydrogen) atoms. The van der Waals surface area contributed by atoms with Crippen LogP contribution in [0.2, 0.25) is 0 Å². The Balaban J connectivity index is 2.03. The van der Waals surface area contributed by atoms with Crippen molar-refractivity contribution >= 4 is 23.2 Å². The molecule has 1 aromatic heterocycles. The highest BCUT2D eigenvalue weighted by molar-refractivity contribution is 7.10. The van der Waals surface area contributed by atoms with Crippen molar-refractivity contribution in [3.8, 4) is 0 Å². The summed E-state index contributed by atoms with van der Waals surface area (Å²) in [6.07, 6.45) is 1.36. The summed E-state index contributed by atoms with van der Waals surface area (Å²) in [5.74, 6) is -0.838. The van der Waals surface area contributed by atoms with E-state index in [-0.39, 0.29) is 18.6 Å². The molecule has 1 aromatic carbocycles. The number of carbonyl (C=O) groups is 2. The van der Waals surface area contributed by atoms with Crippen LogP contribution in [0.5, 0.6) is 0 Å². The Hall–Kier alpha value is -2.40. The van der Waals surface area contributed by atoms with Crippen molar-refractivity contribution in [3.05, 3.63) is 69.9 Å². The lowest BCUT2D eigenvalue weighted by molar-refractivity contribution is -0.144. The van der Waals surface area contributed by atoms with Gasteiger partial charge in [-0.15, -0.1) is 11.3 Å². The minimum Gasteiger partial charge on any atom is -0.452 e. The number of allylic oxidation sites excluding steroid dienone is 1. The zero-order valence-corrected chi connectivity index (χ0v) is 13.9. The van der Waals surface area contributed by atoms with E-state index in [0.717, 1.165) is 16.0 Å². The van der Waals surface area contributed by atoms with Crippen molar-refractivity contribution in [2.75, 3.05) is 6.61 Å². The Morgan fingerprint density at radius 2 is 1.91 bits per heavy atom. The highest BCUT2D eigenvalue weighted by atomic mass is 32.1. The summed E-state index contributed by atoms with van der Waals surface area (Å²) in [4.78, 5) is 24.6. The van der Waals surface area contributed by atoms with Gasteiger partial charge in [-0.2, -0.15) is 0 Å². The molecule has 0 aliphatic carbocycles. The maximum absolute atomic E-state index is 12.1. The number of amides is 1. The van der Waals surface area contributed by atoms with Gasteiger partial charge in [-0.1, -0.05) is 42.0 Å². The van der Waals surface area contributed by atoms with E-state index in [4.69, 9.17) is 4.74 Å². The number of thiophene rings is 1. The molecule has 120 valence electrons. The van der Waals surface area contributed by atoms with Gasteiger partial charge in [0.2, 0.25) is 0 Å². The molecule has 1 heterocycles. The van der Waals surface area contributed by atoms with Gasteiger partial charge in [-0.05, 0) is 30.9 Å². The molecule has 1 N–H and O–H groups in total. The number of nitrogens with one attached hydrogen (secondary N) is 1. The smallest absolute Gasteiger partial charge is 0.331 e. The largest absolute Gasteiger partial charge is 0.452 e. The van der Waals surface area contributed by atoms with E-state index in [1.165, 1.54) is 6.08 Å². The van der Waals surface area contributed by atoms with E-state index in [1.807, 2.05) is 47.8 Å². The van der Waals surface area contributed by atoms with Gasteiger partial charge < -0.3 is 10.1 Å². The molecule has 0 fully saturated rings. The second kappa shape index (κ2) is 8.29. The first-order valence-electron chi connectivity index (χ1n) is 7.25. The Morgan fingerprint density at radius 3 is 2.52 bits per heavy atom. The molecule has 2 rings (SSSR count). The number of rotatable bonds is 6. The van der Waals surface area contributed by atoms with Crippen molar-refractivity contribution in [1.29, 1.82) is 0 Å². The number of hydrogen-bond acceptors (Lipinski definition) is 4. The van der Waals surface area contributed by atoms with E-state index in [0.29, 0.717) is 0 Å². The molecular formula is C18H19NO3S. The molecule has 0 radical (unpaired) electrons. The first kappa shape index (κ1) is 17.0. The van der Waals surface area contributed by atoms with Crippen molar-refractivity contribution in [1.82, 2.24) is 5.32 Å². The van der Waals surface area contributed by atoms with Gasteiger partial charge in [0.15, 0.2) is 6.61 Å². The zero-order chi connectivity index (χ0) is 16.7. The normalized spacial score (nSPS) is 11.4. The third-order valence-corrected chi connectivity index (χ3v) is 3.96. The summed E-state index contributed by atoms with van der Waals surface area (Å²) in [5.41, 5.74) is 1.81. The van der Waals surface area contributed by atoms with Crippen molar-refractivity contribution in [3.63, 3.8) is 0 Å². The van der Waals surface area contributed by atoms with Gasteiger partial charge in [0.25, 0.3) is 5.91 Å². The van der Waals surface area contributed by atoms with Crippen LogP contribution in [-0.2, 0) is 14.3 Å². The van der Waals surface area contributed by atoms with Crippen molar-refractivity contribution in [2.45, 2.75) is 19.9 Å². The van der Waals surface area contributed by atoms with Crippen LogP contribution in [0.3, 0.4) is 0 Å². The average Bonchev–Trinajstić information content (AvgIpc) is 3.05. The van der Waals surface area contributed by atoms with Crippen LogP contribution < -0.4 is 5.32 Å². The van der Waals surface area contributed by atoms with Crippen LogP contribution >= 0.6 is 11.3 Å². The summed E-state index contributed by atoms with van der Waals surface area (Å²) in [5, 5.41) is 4.88. The van der Waals surface area contributed by atoms with E-state index >= 15 is 0 Å². The van der Waals surface area contributed by atoms with Crippen LogP contribution in [-0.4, -0.2) is 18.5 Å². The predicted octanol–water partition coefficient (Wildman–Crippen LogP) is 3.46. The number of benzene rings is 1. The highest BCUT2D eigenvalue weighted by Gasteiger charge is 2.18. The molecule has 0 saturated heterocycles. The maximum atomic E-state index is 12.1. The van der Waals surface area contributed by atoms with Crippen LogP contribution in [0.1, 0.15) is 30.3 Å². The zero-order valence-electron chi connectivity index (χ0n) is 13.1. The second-order valence-corrected chi connectivity index (χ2v) is 6.24. The van der Waals surface area contributed by atoms with Gasteiger partial charge in [-0.25, -0.2) is 4.79 Å². The van der Waals surface area contributed by atoms with Gasteiger partial charge in [0.05, 0.1) is 6.04 Å². The molecule has 0 bridgehead atoms. The molecular weight excluding hydrogens is 310 g/mol. The molecule has 5 heteroatoms. The average molecular weight is 329 g/mol. The second-order valence-electron chi connectivity index (χ2n) is 5.26. The van der Waals surface area contributed by atoms with Gasteiger partial charge in [-0.3, -0.25) is 4.79 Å². The fraction of sp³-hybridized carbons (Fsp3) is 0.222. The fourth-order valence-corrected chi connectivity index (χ4v) is 2.84. The Bertz CT molecular complexity index is 674. The third kappa shape index (κ3) is 5.38. The SMILES string of the molecule is CC(C)=CC(=O)OCC(=O)N[C@H](c1ccccc1)c1cccs1. The first-order valence-corrected chi connectivity index (χ1v) is 8.13. The highest BCUT2D eigenvalue weighted by Crippen LogP contribution is 2.25. The van der Waals surface area contributed by atoms with E-state index in [2.05, 4.69) is 5.32 Å². The summed E-state index contributed by atoms with van der Waals surface area (Å²) in [7, 11) is 0. The van der Waals surface area contributed by atoms with Gasteiger partial charge in [0, 0.05) is 11.0 Å². The third-order valence-electron chi connectivity index (χ3n) is 3.02. The lowest BCUT2D eigenvalue weighted by Gasteiger charge is -2.18. The lowest BCUT2D eigenvalue weighted by Crippen LogP contribution is -2.32. The van der Waals surface area contributed by atoms with Gasteiger partial charge >= 0.3 is 5.97 Å². The quantitative estimate of drug-likeness (QED) is 0.652. The van der Waals surface area contributed by atoms with Crippen LogP contribution in [0.15, 0.2) is 59.5 Å². The monoisotopic (exact) mass is 329 g/mol. The molecule has 4 nitrogen and oxygen atoms in total. The summed E-state index contributed by atoms with van der Waals surface area (Å²) < 4.78 is 4.94. The topological polar surface area (TPSA) is 55.4 Å². The minimum atomic E-state index is -0.507. The number of carbonyl (C=O) groups excluding carboxylic acids is 2. The Labute approximate surface area is 139 Å². The van der Waals surface area contributed by atoms with Crippen LogP contribution in [0.25, 0.3) is 0 Å². The Kier molecular flexibility index (Phi) is 6.11. The predicted molar refractivity (Wildman–Crippen MR) is 91.1 cm³/mol. The van der Waals surface area contributed by atoms with Gasteiger partial charge in [0.1, 0.15) is 0 Å². The minimum absolute atomic E-state index is 0.245. The number of hydrogen-bond donors (Lipinski definition) is 1.